The summed E-state index contributed by atoms with van der Waals surface area (Å²) in [6, 6.07) is 11.2. The van der Waals surface area contributed by atoms with Gasteiger partial charge in [0.15, 0.2) is 0 Å². The first kappa shape index (κ1) is 18.2. The third-order valence-corrected chi connectivity index (χ3v) is 7.96. The number of aliphatic hydroxyl groups excluding tert-OH is 1. The molecule has 0 saturated carbocycles. The third kappa shape index (κ3) is 4.03. The van der Waals surface area contributed by atoms with E-state index in [-0.39, 0.29) is 30.8 Å². The summed E-state index contributed by atoms with van der Waals surface area (Å²) in [4.78, 5) is 12.8. The standard InChI is InChI=1S/C20H26O2Se/c1-19(2,3)15-12-14(21)16(18(23-15)20(4,5)6)17(22)13-10-8-7-9-11-13/h7-12,17,22H,1-6H3. The van der Waals surface area contributed by atoms with Crippen LogP contribution in [0.5, 0.6) is 0 Å². The van der Waals surface area contributed by atoms with Gasteiger partial charge in [-0.3, -0.25) is 0 Å². The normalized spacial score (nSPS) is 13.9. The molecule has 1 unspecified atom stereocenters. The summed E-state index contributed by atoms with van der Waals surface area (Å²) in [5.41, 5.74) is 1.17. The van der Waals surface area contributed by atoms with Crippen LogP contribution in [0.2, 0.25) is 0 Å². The Morgan fingerprint density at radius 1 is 0.957 bits per heavy atom. The van der Waals surface area contributed by atoms with E-state index in [4.69, 9.17) is 0 Å². The molecule has 2 aromatic rings. The molecule has 1 N–H and O–H groups in total. The van der Waals surface area contributed by atoms with Crippen LogP contribution in [0, 0.1) is 0 Å². The predicted molar refractivity (Wildman–Crippen MR) is 97.6 cm³/mol. The molecular formula is C20H26O2Se. The van der Waals surface area contributed by atoms with Crippen LogP contribution in [0.1, 0.15) is 67.6 Å². The Morgan fingerprint density at radius 3 is 2.00 bits per heavy atom. The summed E-state index contributed by atoms with van der Waals surface area (Å²) in [7, 11) is 0. The van der Waals surface area contributed by atoms with Gasteiger partial charge in [-0.2, -0.15) is 0 Å². The molecule has 2 nitrogen and oxygen atoms in total. The van der Waals surface area contributed by atoms with Crippen molar-refractivity contribution in [3.63, 3.8) is 0 Å². The van der Waals surface area contributed by atoms with Gasteiger partial charge < -0.3 is 0 Å². The molecule has 0 bridgehead atoms. The Hall–Kier alpha value is -1.15. The van der Waals surface area contributed by atoms with Gasteiger partial charge in [0.1, 0.15) is 0 Å². The van der Waals surface area contributed by atoms with E-state index in [1.807, 2.05) is 30.3 Å². The summed E-state index contributed by atoms with van der Waals surface area (Å²) >= 11 is 0.0789. The van der Waals surface area contributed by atoms with Gasteiger partial charge in [0.25, 0.3) is 0 Å². The maximum absolute atomic E-state index is 12.8. The average molecular weight is 377 g/mol. The first-order chi connectivity index (χ1) is 10.5. The van der Waals surface area contributed by atoms with E-state index in [1.165, 1.54) is 4.44 Å². The monoisotopic (exact) mass is 378 g/mol. The SMILES string of the molecule is CC(C)(C)c1cc(=O)c(C(O)c2ccccc2)c(C(C)(C)C)[se]1. The molecule has 1 aromatic carbocycles. The van der Waals surface area contributed by atoms with Gasteiger partial charge in [-0.25, -0.2) is 0 Å². The van der Waals surface area contributed by atoms with Crippen LogP contribution in [0.25, 0.3) is 0 Å². The molecule has 0 aliphatic carbocycles. The number of benzene rings is 1. The van der Waals surface area contributed by atoms with E-state index in [1.54, 1.807) is 6.07 Å². The Kier molecular flexibility index (Phi) is 5.06. The molecule has 1 aromatic heterocycles. The first-order valence-electron chi connectivity index (χ1n) is 7.94. The van der Waals surface area contributed by atoms with Gasteiger partial charge in [0.2, 0.25) is 0 Å². The molecule has 2 rings (SSSR count). The molecule has 0 aliphatic heterocycles. The molecule has 3 heteroatoms. The van der Waals surface area contributed by atoms with E-state index in [2.05, 4.69) is 41.5 Å². The van der Waals surface area contributed by atoms with Crippen LogP contribution >= 0.6 is 0 Å². The molecule has 23 heavy (non-hydrogen) atoms. The summed E-state index contributed by atoms with van der Waals surface area (Å²) in [5, 5.41) is 10.8. The molecule has 0 fully saturated rings. The van der Waals surface area contributed by atoms with Gasteiger partial charge in [-0.05, 0) is 0 Å². The van der Waals surface area contributed by atoms with Crippen molar-refractivity contribution in [3.8, 4) is 0 Å². The zero-order valence-corrected chi connectivity index (χ0v) is 16.5. The summed E-state index contributed by atoms with van der Waals surface area (Å²) in [6.45, 7) is 12.8. The van der Waals surface area contributed by atoms with Crippen LogP contribution in [0.3, 0.4) is 0 Å². The van der Waals surface area contributed by atoms with E-state index < -0.39 is 6.10 Å². The van der Waals surface area contributed by atoms with Crippen LogP contribution in [-0.2, 0) is 10.8 Å². The number of aliphatic hydroxyl groups is 1. The van der Waals surface area contributed by atoms with E-state index >= 15 is 0 Å². The molecule has 124 valence electrons. The Bertz CT molecular complexity index is 731. The predicted octanol–water partition coefficient (Wildman–Crippen LogP) is 3.78. The molecule has 0 aliphatic rings. The minimum absolute atomic E-state index is 0.0185. The van der Waals surface area contributed by atoms with Crippen molar-refractivity contribution in [2.45, 2.75) is 58.5 Å². The maximum atomic E-state index is 12.8. The minimum atomic E-state index is -0.849. The molecule has 0 saturated heterocycles. The first-order valence-corrected chi connectivity index (χ1v) is 9.65. The van der Waals surface area contributed by atoms with Gasteiger partial charge in [-0.1, -0.05) is 0 Å². The number of rotatable bonds is 2. The summed E-state index contributed by atoms with van der Waals surface area (Å²) in [6.07, 6.45) is -0.849. The molecule has 1 atom stereocenters. The molecule has 1 heterocycles. The number of hydrogen-bond donors (Lipinski definition) is 1. The van der Waals surface area contributed by atoms with E-state index in [9.17, 15) is 9.90 Å². The van der Waals surface area contributed by atoms with Crippen LogP contribution in [-0.4, -0.2) is 19.6 Å². The molecular weight excluding hydrogens is 351 g/mol. The summed E-state index contributed by atoms with van der Waals surface area (Å²) in [5.74, 6) is 0. The van der Waals surface area contributed by atoms with Gasteiger partial charge in [0.05, 0.1) is 0 Å². The third-order valence-electron chi connectivity index (χ3n) is 3.79. The molecule has 0 amide bonds. The zero-order chi connectivity index (χ0) is 17.4. The molecule has 0 radical (unpaired) electrons. The van der Waals surface area contributed by atoms with Crippen molar-refractivity contribution >= 4 is 14.5 Å². The Balaban J connectivity index is 2.71. The van der Waals surface area contributed by atoms with Gasteiger partial charge in [-0.15, -0.1) is 0 Å². The van der Waals surface area contributed by atoms with Crippen molar-refractivity contribution in [1.29, 1.82) is 0 Å². The Morgan fingerprint density at radius 2 is 1.52 bits per heavy atom. The zero-order valence-electron chi connectivity index (χ0n) is 14.8. The molecule has 0 spiro atoms. The second kappa shape index (κ2) is 6.39. The topological polar surface area (TPSA) is 37.3 Å². The van der Waals surface area contributed by atoms with Crippen LogP contribution < -0.4 is 5.43 Å². The Labute approximate surface area is 144 Å². The van der Waals surface area contributed by atoms with E-state index in [0.29, 0.717) is 5.56 Å². The van der Waals surface area contributed by atoms with Crippen molar-refractivity contribution < 1.29 is 5.11 Å². The average Bonchev–Trinajstić information content (AvgIpc) is 2.44. The van der Waals surface area contributed by atoms with Gasteiger partial charge >= 0.3 is 145 Å². The second-order valence-corrected chi connectivity index (χ2v) is 10.2. The quantitative estimate of drug-likeness (QED) is 0.809. The van der Waals surface area contributed by atoms with Crippen molar-refractivity contribution in [3.05, 3.63) is 66.6 Å². The van der Waals surface area contributed by atoms with Crippen molar-refractivity contribution in [2.24, 2.45) is 0 Å². The fourth-order valence-electron chi connectivity index (χ4n) is 2.49. The van der Waals surface area contributed by atoms with Crippen molar-refractivity contribution in [2.75, 3.05) is 0 Å². The van der Waals surface area contributed by atoms with Gasteiger partial charge in [0, 0.05) is 0 Å². The fourth-order valence-corrected chi connectivity index (χ4v) is 5.26. The number of hydrogen-bond acceptors (Lipinski definition) is 2. The van der Waals surface area contributed by atoms with Crippen LogP contribution in [0.4, 0.5) is 0 Å². The van der Waals surface area contributed by atoms with E-state index in [0.717, 1.165) is 10.0 Å². The summed E-state index contributed by atoms with van der Waals surface area (Å²) < 4.78 is 2.31. The van der Waals surface area contributed by atoms with Crippen molar-refractivity contribution in [1.82, 2.24) is 0 Å². The second-order valence-electron chi connectivity index (χ2n) is 8.03. The van der Waals surface area contributed by atoms with Crippen LogP contribution in [0.15, 0.2) is 41.2 Å². The fraction of sp³-hybridized carbons (Fsp3) is 0.450.